The number of carbonyl (C=O) groups excluding carboxylic acids is 1. The molecule has 30 heavy (non-hydrogen) atoms. The maximum atomic E-state index is 13.7. The van der Waals surface area contributed by atoms with Crippen molar-refractivity contribution < 1.29 is 9.53 Å². The van der Waals surface area contributed by atoms with Crippen LogP contribution in [0, 0.1) is 12.8 Å². The predicted molar refractivity (Wildman–Crippen MR) is 120 cm³/mol. The molecule has 1 heterocycles. The molecule has 1 atom stereocenters. The summed E-state index contributed by atoms with van der Waals surface area (Å²) in [6, 6.07) is 17.7. The Balaban J connectivity index is 1.68. The number of hydrogen-bond donors (Lipinski definition) is 0. The van der Waals surface area contributed by atoms with Crippen LogP contribution in [0.3, 0.4) is 0 Å². The molecule has 156 valence electrons. The summed E-state index contributed by atoms with van der Waals surface area (Å²) in [5.74, 6) is 1.16. The molecule has 0 N–H and O–H groups in total. The molecule has 0 saturated heterocycles. The van der Waals surface area contributed by atoms with Crippen LogP contribution in [0.1, 0.15) is 41.4 Å². The third-order valence-electron chi connectivity index (χ3n) is 5.74. The van der Waals surface area contributed by atoms with Gasteiger partial charge in [-0.3, -0.25) is 4.79 Å². The average Bonchev–Trinajstić information content (AvgIpc) is 3.56. The van der Waals surface area contributed by atoms with Crippen LogP contribution in [0.5, 0.6) is 5.75 Å². The molecule has 2 aromatic carbocycles. The minimum atomic E-state index is -0.110. The van der Waals surface area contributed by atoms with Crippen molar-refractivity contribution in [1.29, 1.82) is 0 Å². The Hall–Kier alpha value is -2.79. The van der Waals surface area contributed by atoms with Crippen LogP contribution < -0.4 is 9.64 Å². The zero-order valence-electron chi connectivity index (χ0n) is 17.5. The van der Waals surface area contributed by atoms with Crippen LogP contribution in [0.25, 0.3) is 0 Å². The van der Waals surface area contributed by atoms with Crippen molar-refractivity contribution in [3.05, 3.63) is 76.6 Å². The summed E-state index contributed by atoms with van der Waals surface area (Å²) in [5, 5.41) is 4.94. The molecule has 6 heteroatoms. The smallest absolute Gasteiger partial charge is 0.263 e. The molecule has 3 aromatic rings. The molecule has 1 unspecified atom stereocenters. The van der Waals surface area contributed by atoms with Gasteiger partial charge in [0.15, 0.2) is 0 Å². The number of methoxy groups -OCH3 is 1. The number of aromatic nitrogens is 2. The molecule has 1 saturated carbocycles. The summed E-state index contributed by atoms with van der Waals surface area (Å²) in [6.07, 6.45) is 2.28. The quantitative estimate of drug-likeness (QED) is 0.514. The Morgan fingerprint density at radius 1 is 1.20 bits per heavy atom. The number of hydrogen-bond acceptors (Lipinski definition) is 3. The summed E-state index contributed by atoms with van der Waals surface area (Å²) >= 11 is 6.69. The monoisotopic (exact) mass is 423 g/mol. The van der Waals surface area contributed by atoms with E-state index in [1.807, 2.05) is 66.4 Å². The number of aryl methyl sites for hydroxylation is 1. The molecule has 1 fully saturated rings. The van der Waals surface area contributed by atoms with Gasteiger partial charge in [-0.1, -0.05) is 41.9 Å². The SMILES string of the molecule is COc1ccc(N(C(=O)c2c(C)nn(Cc3ccccc3)c2Cl)C(C)C2CC2)cc1. The van der Waals surface area contributed by atoms with Crippen molar-refractivity contribution >= 4 is 23.2 Å². The van der Waals surface area contributed by atoms with E-state index in [0.717, 1.165) is 29.8 Å². The normalized spacial score (nSPS) is 14.4. The summed E-state index contributed by atoms with van der Waals surface area (Å²) in [4.78, 5) is 15.6. The molecule has 1 aliphatic carbocycles. The zero-order valence-corrected chi connectivity index (χ0v) is 18.3. The minimum absolute atomic E-state index is 0.0823. The highest BCUT2D eigenvalue weighted by Crippen LogP contribution is 2.38. The van der Waals surface area contributed by atoms with Crippen molar-refractivity contribution in [3.8, 4) is 5.75 Å². The summed E-state index contributed by atoms with van der Waals surface area (Å²) < 4.78 is 6.98. The number of rotatable bonds is 7. The molecular formula is C24H26ClN3O2. The average molecular weight is 424 g/mol. The summed E-state index contributed by atoms with van der Waals surface area (Å²) in [5.41, 5.74) is 3.03. The van der Waals surface area contributed by atoms with E-state index >= 15 is 0 Å². The second-order valence-electron chi connectivity index (χ2n) is 7.85. The fraction of sp³-hybridized carbons (Fsp3) is 0.333. The van der Waals surface area contributed by atoms with Crippen LogP contribution in [0.2, 0.25) is 5.15 Å². The van der Waals surface area contributed by atoms with Crippen LogP contribution in [-0.2, 0) is 6.54 Å². The third-order valence-corrected chi connectivity index (χ3v) is 6.12. The Kier molecular flexibility index (Phi) is 5.82. The van der Waals surface area contributed by atoms with E-state index in [1.165, 1.54) is 0 Å². The maximum absolute atomic E-state index is 13.7. The van der Waals surface area contributed by atoms with Gasteiger partial charge in [-0.25, -0.2) is 4.68 Å². The Morgan fingerprint density at radius 3 is 2.47 bits per heavy atom. The lowest BCUT2D eigenvalue weighted by molar-refractivity contribution is 0.0975. The molecule has 1 amide bonds. The van der Waals surface area contributed by atoms with Gasteiger partial charge in [0, 0.05) is 11.7 Å². The lowest BCUT2D eigenvalue weighted by atomic mass is 10.1. The predicted octanol–water partition coefficient (Wildman–Crippen LogP) is 5.35. The van der Waals surface area contributed by atoms with Gasteiger partial charge in [0.25, 0.3) is 5.91 Å². The van der Waals surface area contributed by atoms with Crippen LogP contribution in [0.15, 0.2) is 54.6 Å². The first-order chi connectivity index (χ1) is 14.5. The standard InChI is InChI=1S/C24H26ClN3O2/c1-16-22(23(25)27(26-16)15-18-7-5-4-6-8-18)24(29)28(17(2)19-9-10-19)20-11-13-21(30-3)14-12-20/h4-8,11-14,17,19H,9-10,15H2,1-3H3. The molecule has 0 aliphatic heterocycles. The Bertz CT molecular complexity index is 1030. The molecule has 4 rings (SSSR count). The number of halogens is 1. The van der Waals surface area contributed by atoms with Gasteiger partial charge in [0.2, 0.25) is 0 Å². The van der Waals surface area contributed by atoms with Crippen LogP contribution in [-0.4, -0.2) is 28.8 Å². The van der Waals surface area contributed by atoms with E-state index in [0.29, 0.717) is 28.9 Å². The first-order valence-corrected chi connectivity index (χ1v) is 10.6. The largest absolute Gasteiger partial charge is 0.497 e. The lowest BCUT2D eigenvalue weighted by Crippen LogP contribution is -2.40. The van der Waals surface area contributed by atoms with Crippen molar-refractivity contribution in [2.45, 2.75) is 39.3 Å². The lowest BCUT2D eigenvalue weighted by Gasteiger charge is -2.29. The topological polar surface area (TPSA) is 47.4 Å². The van der Waals surface area contributed by atoms with Gasteiger partial charge in [-0.15, -0.1) is 0 Å². The molecule has 5 nitrogen and oxygen atoms in total. The van der Waals surface area contributed by atoms with E-state index in [2.05, 4.69) is 12.0 Å². The minimum Gasteiger partial charge on any atom is -0.497 e. The molecule has 0 spiro atoms. The van der Waals surface area contributed by atoms with Crippen molar-refractivity contribution in [1.82, 2.24) is 9.78 Å². The van der Waals surface area contributed by atoms with Gasteiger partial charge < -0.3 is 9.64 Å². The third kappa shape index (κ3) is 4.08. The summed E-state index contributed by atoms with van der Waals surface area (Å²) in [7, 11) is 1.63. The number of amides is 1. The van der Waals surface area contributed by atoms with Gasteiger partial charge in [-0.05, 0) is 62.4 Å². The first-order valence-electron chi connectivity index (χ1n) is 10.2. The fourth-order valence-electron chi connectivity index (χ4n) is 3.85. The van der Waals surface area contributed by atoms with Crippen molar-refractivity contribution in [2.75, 3.05) is 12.0 Å². The zero-order chi connectivity index (χ0) is 21.3. The number of nitrogens with zero attached hydrogens (tertiary/aromatic N) is 3. The fourth-order valence-corrected chi connectivity index (χ4v) is 4.16. The molecule has 1 aromatic heterocycles. The molecular weight excluding hydrogens is 398 g/mol. The molecule has 1 aliphatic rings. The number of carbonyl (C=O) groups is 1. The maximum Gasteiger partial charge on any atom is 0.263 e. The van der Waals surface area contributed by atoms with E-state index in [-0.39, 0.29) is 11.9 Å². The van der Waals surface area contributed by atoms with E-state index in [9.17, 15) is 4.79 Å². The Morgan fingerprint density at radius 2 is 1.87 bits per heavy atom. The van der Waals surface area contributed by atoms with Crippen LogP contribution >= 0.6 is 11.6 Å². The van der Waals surface area contributed by atoms with Crippen molar-refractivity contribution in [3.63, 3.8) is 0 Å². The highest BCUT2D eigenvalue weighted by atomic mass is 35.5. The second-order valence-corrected chi connectivity index (χ2v) is 8.20. The summed E-state index contributed by atoms with van der Waals surface area (Å²) in [6.45, 7) is 4.47. The highest BCUT2D eigenvalue weighted by molar-refractivity contribution is 6.34. The Labute approximate surface area is 182 Å². The molecule has 0 radical (unpaired) electrons. The second kappa shape index (κ2) is 8.52. The number of anilines is 1. The van der Waals surface area contributed by atoms with Crippen molar-refractivity contribution in [2.24, 2.45) is 5.92 Å². The van der Waals surface area contributed by atoms with E-state index in [1.54, 1.807) is 11.8 Å². The van der Waals surface area contributed by atoms with Gasteiger partial charge in [-0.2, -0.15) is 5.10 Å². The molecule has 0 bridgehead atoms. The number of benzene rings is 2. The van der Waals surface area contributed by atoms with Crippen LogP contribution in [0.4, 0.5) is 5.69 Å². The van der Waals surface area contributed by atoms with Gasteiger partial charge in [0.05, 0.1) is 24.9 Å². The first kappa shape index (κ1) is 20.5. The van der Waals surface area contributed by atoms with Gasteiger partial charge in [0.1, 0.15) is 10.9 Å². The van der Waals surface area contributed by atoms with E-state index in [4.69, 9.17) is 16.3 Å². The van der Waals surface area contributed by atoms with E-state index < -0.39 is 0 Å². The van der Waals surface area contributed by atoms with Gasteiger partial charge >= 0.3 is 0 Å². The number of ether oxygens (including phenoxy) is 1. The highest BCUT2D eigenvalue weighted by Gasteiger charge is 2.37.